The van der Waals surface area contributed by atoms with Gasteiger partial charge in [0.1, 0.15) is 18.0 Å². The number of aryl methyl sites for hydroxylation is 2. The molecule has 1 saturated heterocycles. The van der Waals surface area contributed by atoms with Crippen molar-refractivity contribution in [2.24, 2.45) is 0 Å². The van der Waals surface area contributed by atoms with Gasteiger partial charge in [-0.25, -0.2) is 15.0 Å². The quantitative estimate of drug-likeness (QED) is 0.908. The molecule has 0 aromatic carbocycles. The van der Waals surface area contributed by atoms with E-state index in [0.29, 0.717) is 6.04 Å². The average Bonchev–Trinajstić information content (AvgIpc) is 2.48. The number of hydrogen-bond donors (Lipinski definition) is 1. The Bertz CT molecular complexity index is 653. The molecular formula is C16H20BrN5. The van der Waals surface area contributed by atoms with Crippen LogP contribution in [0.2, 0.25) is 0 Å². The van der Waals surface area contributed by atoms with E-state index in [1.165, 1.54) is 5.56 Å². The minimum absolute atomic E-state index is 0.460. The number of pyridine rings is 1. The Labute approximate surface area is 139 Å². The van der Waals surface area contributed by atoms with Crippen LogP contribution >= 0.6 is 15.9 Å². The van der Waals surface area contributed by atoms with Gasteiger partial charge in [-0.2, -0.15) is 0 Å². The molecule has 1 fully saturated rings. The fraction of sp³-hybridized carbons (Fsp3) is 0.438. The molecule has 3 rings (SSSR count). The lowest BCUT2D eigenvalue weighted by molar-refractivity contribution is 0.521. The molecular weight excluding hydrogens is 342 g/mol. The van der Waals surface area contributed by atoms with Crippen LogP contribution in [0.15, 0.2) is 29.1 Å². The Morgan fingerprint density at radius 2 is 1.91 bits per heavy atom. The van der Waals surface area contributed by atoms with E-state index in [1.807, 2.05) is 19.2 Å². The summed E-state index contributed by atoms with van der Waals surface area (Å²) < 4.78 is 1.03. The number of piperidine rings is 1. The Morgan fingerprint density at radius 3 is 2.59 bits per heavy atom. The van der Waals surface area contributed by atoms with Crippen molar-refractivity contribution in [3.05, 3.63) is 40.4 Å². The topological polar surface area (TPSA) is 53.9 Å². The van der Waals surface area contributed by atoms with Crippen molar-refractivity contribution in [2.45, 2.75) is 32.7 Å². The van der Waals surface area contributed by atoms with Gasteiger partial charge in [0.05, 0.1) is 0 Å². The van der Waals surface area contributed by atoms with E-state index in [0.717, 1.165) is 47.7 Å². The lowest BCUT2D eigenvalue weighted by Crippen LogP contribution is -2.40. The van der Waals surface area contributed by atoms with Crippen LogP contribution in [0, 0.1) is 13.8 Å². The number of nitrogens with one attached hydrogen (secondary N) is 1. The van der Waals surface area contributed by atoms with Crippen LogP contribution in [-0.4, -0.2) is 34.1 Å². The van der Waals surface area contributed by atoms with Crippen LogP contribution in [0.3, 0.4) is 0 Å². The van der Waals surface area contributed by atoms with Gasteiger partial charge in [-0.15, -0.1) is 0 Å². The SMILES string of the molecule is Cc1cc(NC2CCN(c3ncc(Br)cc3C)CC2)ncn1. The first-order chi connectivity index (χ1) is 10.6. The van der Waals surface area contributed by atoms with E-state index in [1.54, 1.807) is 6.33 Å². The zero-order valence-electron chi connectivity index (χ0n) is 12.9. The largest absolute Gasteiger partial charge is 0.367 e. The predicted molar refractivity (Wildman–Crippen MR) is 92.3 cm³/mol. The molecule has 22 heavy (non-hydrogen) atoms. The Kier molecular flexibility index (Phi) is 4.57. The molecule has 0 unspecified atom stereocenters. The number of aromatic nitrogens is 3. The summed E-state index contributed by atoms with van der Waals surface area (Å²) in [4.78, 5) is 15.3. The van der Waals surface area contributed by atoms with Gasteiger partial charge in [-0.1, -0.05) is 0 Å². The van der Waals surface area contributed by atoms with E-state index in [-0.39, 0.29) is 0 Å². The molecule has 0 amide bonds. The third-order valence-corrected chi connectivity index (χ3v) is 4.40. The highest BCUT2D eigenvalue weighted by Crippen LogP contribution is 2.24. The summed E-state index contributed by atoms with van der Waals surface area (Å²) in [5, 5.41) is 3.51. The lowest BCUT2D eigenvalue weighted by Gasteiger charge is -2.34. The van der Waals surface area contributed by atoms with Crippen molar-refractivity contribution in [1.82, 2.24) is 15.0 Å². The van der Waals surface area contributed by atoms with E-state index in [2.05, 4.69) is 54.1 Å². The normalized spacial score (nSPS) is 15.9. The van der Waals surface area contributed by atoms with Gasteiger partial charge in [0.2, 0.25) is 0 Å². The molecule has 2 aromatic rings. The summed E-state index contributed by atoms with van der Waals surface area (Å²) in [6.07, 6.45) is 5.65. The van der Waals surface area contributed by atoms with Crippen molar-refractivity contribution in [3.63, 3.8) is 0 Å². The van der Waals surface area contributed by atoms with Crippen LogP contribution in [-0.2, 0) is 0 Å². The van der Waals surface area contributed by atoms with E-state index < -0.39 is 0 Å². The monoisotopic (exact) mass is 361 g/mol. The van der Waals surface area contributed by atoms with Gasteiger partial charge in [0, 0.05) is 41.6 Å². The molecule has 1 N–H and O–H groups in total. The molecule has 2 aromatic heterocycles. The third-order valence-electron chi connectivity index (χ3n) is 3.97. The predicted octanol–water partition coefficient (Wildman–Crippen LogP) is 3.33. The molecule has 0 atom stereocenters. The minimum Gasteiger partial charge on any atom is -0.367 e. The molecule has 116 valence electrons. The highest BCUT2D eigenvalue weighted by Gasteiger charge is 2.21. The van der Waals surface area contributed by atoms with Crippen molar-refractivity contribution in [2.75, 3.05) is 23.3 Å². The lowest BCUT2D eigenvalue weighted by atomic mass is 10.0. The summed E-state index contributed by atoms with van der Waals surface area (Å²) in [6.45, 7) is 6.12. The molecule has 1 aliphatic rings. The van der Waals surface area contributed by atoms with E-state index in [4.69, 9.17) is 0 Å². The van der Waals surface area contributed by atoms with Crippen LogP contribution in [0.25, 0.3) is 0 Å². The number of halogens is 1. The van der Waals surface area contributed by atoms with Gasteiger partial charge >= 0.3 is 0 Å². The third kappa shape index (κ3) is 3.55. The first kappa shape index (κ1) is 15.2. The number of rotatable bonds is 3. The van der Waals surface area contributed by atoms with E-state index >= 15 is 0 Å². The fourth-order valence-corrected chi connectivity index (χ4v) is 3.29. The molecule has 0 radical (unpaired) electrons. The number of hydrogen-bond acceptors (Lipinski definition) is 5. The molecule has 0 spiro atoms. The van der Waals surface area contributed by atoms with Crippen molar-refractivity contribution < 1.29 is 0 Å². The Hall–Kier alpha value is -1.69. The van der Waals surface area contributed by atoms with Crippen molar-refractivity contribution in [3.8, 4) is 0 Å². The molecule has 0 saturated carbocycles. The molecule has 1 aliphatic heterocycles. The Morgan fingerprint density at radius 1 is 1.14 bits per heavy atom. The summed E-state index contributed by atoms with van der Waals surface area (Å²) in [7, 11) is 0. The summed E-state index contributed by atoms with van der Waals surface area (Å²) in [5.74, 6) is 2.02. The van der Waals surface area contributed by atoms with Crippen molar-refractivity contribution >= 4 is 27.6 Å². The molecule has 0 aliphatic carbocycles. The summed E-state index contributed by atoms with van der Waals surface area (Å²) in [6, 6.07) is 4.57. The molecule has 6 heteroatoms. The van der Waals surface area contributed by atoms with E-state index in [9.17, 15) is 0 Å². The van der Waals surface area contributed by atoms with Crippen LogP contribution in [0.4, 0.5) is 11.6 Å². The second-order valence-electron chi connectivity index (χ2n) is 5.74. The highest BCUT2D eigenvalue weighted by molar-refractivity contribution is 9.10. The van der Waals surface area contributed by atoms with Gasteiger partial charge in [0.15, 0.2) is 0 Å². The maximum Gasteiger partial charge on any atom is 0.131 e. The molecule has 5 nitrogen and oxygen atoms in total. The fourth-order valence-electron chi connectivity index (χ4n) is 2.84. The van der Waals surface area contributed by atoms with Gasteiger partial charge in [0.25, 0.3) is 0 Å². The first-order valence-corrected chi connectivity index (χ1v) is 8.33. The Balaban J connectivity index is 1.60. The van der Waals surface area contributed by atoms with Gasteiger partial charge in [-0.05, 0) is 54.2 Å². The van der Waals surface area contributed by atoms with Gasteiger partial charge in [-0.3, -0.25) is 0 Å². The molecule has 3 heterocycles. The zero-order chi connectivity index (χ0) is 15.5. The van der Waals surface area contributed by atoms with Crippen LogP contribution in [0.1, 0.15) is 24.1 Å². The second-order valence-corrected chi connectivity index (χ2v) is 6.66. The maximum atomic E-state index is 4.56. The molecule has 0 bridgehead atoms. The number of anilines is 2. The zero-order valence-corrected chi connectivity index (χ0v) is 14.5. The second kappa shape index (κ2) is 6.60. The average molecular weight is 362 g/mol. The number of nitrogens with zero attached hydrogens (tertiary/aromatic N) is 4. The van der Waals surface area contributed by atoms with Crippen LogP contribution in [0.5, 0.6) is 0 Å². The van der Waals surface area contributed by atoms with Gasteiger partial charge < -0.3 is 10.2 Å². The first-order valence-electron chi connectivity index (χ1n) is 7.54. The minimum atomic E-state index is 0.460. The summed E-state index contributed by atoms with van der Waals surface area (Å²) in [5.41, 5.74) is 2.21. The van der Waals surface area contributed by atoms with Crippen LogP contribution < -0.4 is 10.2 Å². The standard InChI is InChI=1S/C16H20BrN5/c1-11-7-13(17)9-18-16(11)22-5-3-14(4-6-22)21-15-8-12(2)19-10-20-15/h7-10,14H,3-6H2,1-2H3,(H,19,20,21). The highest BCUT2D eigenvalue weighted by atomic mass is 79.9. The smallest absolute Gasteiger partial charge is 0.131 e. The van der Waals surface area contributed by atoms with Crippen molar-refractivity contribution in [1.29, 1.82) is 0 Å². The maximum absolute atomic E-state index is 4.56. The summed E-state index contributed by atoms with van der Waals surface area (Å²) >= 11 is 3.47.